The lowest BCUT2D eigenvalue weighted by Gasteiger charge is -2.18. The van der Waals surface area contributed by atoms with E-state index < -0.39 is 5.91 Å². The van der Waals surface area contributed by atoms with Crippen LogP contribution in [0.15, 0.2) is 54.6 Å². The quantitative estimate of drug-likeness (QED) is 0.819. The van der Waals surface area contributed by atoms with E-state index in [1.54, 1.807) is 24.3 Å². The summed E-state index contributed by atoms with van der Waals surface area (Å²) in [6, 6.07) is 17.0. The highest BCUT2D eigenvalue weighted by Gasteiger charge is 2.36. The number of ether oxygens (including phenoxy) is 1. The van der Waals surface area contributed by atoms with Crippen LogP contribution < -0.4 is 16.2 Å². The highest BCUT2D eigenvalue weighted by molar-refractivity contribution is 5.97. The van der Waals surface area contributed by atoms with Gasteiger partial charge in [0.15, 0.2) is 6.61 Å². The smallest absolute Gasteiger partial charge is 0.257 e. The molecule has 2 atom stereocenters. The van der Waals surface area contributed by atoms with E-state index in [9.17, 15) is 9.59 Å². The number of rotatable bonds is 6. The summed E-state index contributed by atoms with van der Waals surface area (Å²) in [6.07, 6.45) is 0. The fraction of sp³-hybridized carbons (Fsp3) is 0.300. The zero-order chi connectivity index (χ0) is 18.5. The van der Waals surface area contributed by atoms with Crippen LogP contribution in [0.4, 0.5) is 0 Å². The maximum Gasteiger partial charge on any atom is 0.257 e. The van der Waals surface area contributed by atoms with Crippen LogP contribution in [0.1, 0.15) is 21.8 Å². The first-order chi connectivity index (χ1) is 12.6. The second-order valence-corrected chi connectivity index (χ2v) is 6.47. The molecule has 26 heavy (non-hydrogen) atoms. The number of amides is 2. The molecular weight excluding hydrogens is 330 g/mol. The number of para-hydroxylation sites is 1. The molecule has 0 spiro atoms. The van der Waals surface area contributed by atoms with Crippen molar-refractivity contribution in [1.29, 1.82) is 0 Å². The van der Waals surface area contributed by atoms with Crippen LogP contribution in [-0.4, -0.2) is 43.0 Å². The zero-order valence-electron chi connectivity index (χ0n) is 14.5. The van der Waals surface area contributed by atoms with Gasteiger partial charge in [0.2, 0.25) is 0 Å². The summed E-state index contributed by atoms with van der Waals surface area (Å²) >= 11 is 0. The molecule has 1 aliphatic heterocycles. The van der Waals surface area contributed by atoms with Gasteiger partial charge in [-0.25, -0.2) is 0 Å². The van der Waals surface area contributed by atoms with Crippen molar-refractivity contribution in [3.05, 3.63) is 65.7 Å². The Morgan fingerprint density at radius 1 is 1.04 bits per heavy atom. The molecule has 1 saturated heterocycles. The molecule has 6 heteroatoms. The van der Waals surface area contributed by atoms with Crippen LogP contribution in [0, 0.1) is 5.92 Å². The SMILES string of the molecule is NC[C@@H]1CN(C(=O)c2ccccc2OCC(N)=O)C[C@H]1c1ccccc1. The standard InChI is InChI=1S/C20H23N3O3/c21-10-15-11-23(12-17(15)14-6-2-1-3-7-14)20(25)16-8-4-5-9-18(16)26-13-19(22)24/h1-9,15,17H,10-13,21H2,(H2,22,24)/t15-,17+/m1/s1. The average molecular weight is 353 g/mol. The summed E-state index contributed by atoms with van der Waals surface area (Å²) < 4.78 is 5.40. The zero-order valence-corrected chi connectivity index (χ0v) is 14.5. The minimum Gasteiger partial charge on any atom is -0.483 e. The molecule has 4 N–H and O–H groups in total. The van der Waals surface area contributed by atoms with E-state index >= 15 is 0 Å². The van der Waals surface area contributed by atoms with Crippen molar-refractivity contribution >= 4 is 11.8 Å². The Morgan fingerprint density at radius 2 is 1.73 bits per heavy atom. The number of nitrogens with two attached hydrogens (primary N) is 2. The van der Waals surface area contributed by atoms with E-state index in [2.05, 4.69) is 12.1 Å². The second kappa shape index (κ2) is 8.01. The molecule has 2 amide bonds. The first kappa shape index (κ1) is 17.9. The highest BCUT2D eigenvalue weighted by atomic mass is 16.5. The fourth-order valence-electron chi connectivity index (χ4n) is 3.44. The largest absolute Gasteiger partial charge is 0.483 e. The molecule has 0 radical (unpaired) electrons. The number of carbonyl (C=O) groups is 2. The first-order valence-electron chi connectivity index (χ1n) is 8.64. The topological polar surface area (TPSA) is 98.7 Å². The molecule has 1 heterocycles. The lowest BCUT2D eigenvalue weighted by Crippen LogP contribution is -2.30. The van der Waals surface area contributed by atoms with Crippen LogP contribution in [0.3, 0.4) is 0 Å². The van der Waals surface area contributed by atoms with E-state index in [4.69, 9.17) is 16.2 Å². The van der Waals surface area contributed by atoms with Gasteiger partial charge in [-0.3, -0.25) is 9.59 Å². The summed E-state index contributed by atoms with van der Waals surface area (Å²) in [5.74, 6) is 0.0790. The van der Waals surface area contributed by atoms with E-state index in [0.29, 0.717) is 30.9 Å². The fourth-order valence-corrected chi connectivity index (χ4v) is 3.44. The lowest BCUT2D eigenvalue weighted by atomic mass is 9.89. The third kappa shape index (κ3) is 3.86. The monoisotopic (exact) mass is 353 g/mol. The molecule has 1 aliphatic rings. The minimum absolute atomic E-state index is 0.123. The molecule has 2 aromatic carbocycles. The molecule has 2 aromatic rings. The Bertz CT molecular complexity index is 779. The Morgan fingerprint density at radius 3 is 2.42 bits per heavy atom. The van der Waals surface area contributed by atoms with Crippen LogP contribution in [0.25, 0.3) is 0 Å². The Balaban J connectivity index is 1.80. The number of nitrogens with zero attached hydrogens (tertiary/aromatic N) is 1. The first-order valence-corrected chi connectivity index (χ1v) is 8.64. The van der Waals surface area contributed by atoms with Crippen LogP contribution in [0.5, 0.6) is 5.75 Å². The summed E-state index contributed by atoms with van der Waals surface area (Å²) in [5.41, 5.74) is 12.7. The molecule has 1 fully saturated rings. The molecule has 136 valence electrons. The van der Waals surface area contributed by atoms with Crippen molar-refractivity contribution in [2.45, 2.75) is 5.92 Å². The number of hydrogen-bond acceptors (Lipinski definition) is 4. The summed E-state index contributed by atoms with van der Waals surface area (Å²) in [7, 11) is 0. The number of hydrogen-bond donors (Lipinski definition) is 2. The molecule has 0 aliphatic carbocycles. The van der Waals surface area contributed by atoms with Crippen molar-refractivity contribution in [3.8, 4) is 5.75 Å². The van der Waals surface area contributed by atoms with Crippen LogP contribution >= 0.6 is 0 Å². The highest BCUT2D eigenvalue weighted by Crippen LogP contribution is 2.33. The van der Waals surface area contributed by atoms with E-state index in [-0.39, 0.29) is 24.3 Å². The van der Waals surface area contributed by atoms with Gasteiger partial charge < -0.3 is 21.1 Å². The Labute approximate surface area is 152 Å². The second-order valence-electron chi connectivity index (χ2n) is 6.47. The predicted octanol–water partition coefficient (Wildman–Crippen LogP) is 1.37. The van der Waals surface area contributed by atoms with Gasteiger partial charge in [0.25, 0.3) is 11.8 Å². The van der Waals surface area contributed by atoms with E-state index in [0.717, 1.165) is 0 Å². The average Bonchev–Trinajstić information content (AvgIpc) is 3.11. The number of carbonyl (C=O) groups excluding carboxylic acids is 2. The van der Waals surface area contributed by atoms with Crippen molar-refractivity contribution in [3.63, 3.8) is 0 Å². The maximum atomic E-state index is 13.0. The molecule has 6 nitrogen and oxygen atoms in total. The summed E-state index contributed by atoms with van der Waals surface area (Å²) in [6.45, 7) is 1.46. The van der Waals surface area contributed by atoms with Crippen molar-refractivity contribution < 1.29 is 14.3 Å². The molecule has 0 saturated carbocycles. The predicted molar refractivity (Wildman–Crippen MR) is 98.8 cm³/mol. The van der Waals surface area contributed by atoms with Crippen molar-refractivity contribution in [1.82, 2.24) is 4.90 Å². The Kier molecular flexibility index (Phi) is 5.53. The lowest BCUT2D eigenvalue weighted by molar-refractivity contribution is -0.119. The molecule has 0 bridgehead atoms. The van der Waals surface area contributed by atoms with Gasteiger partial charge in [0.1, 0.15) is 5.75 Å². The van der Waals surface area contributed by atoms with Gasteiger partial charge >= 0.3 is 0 Å². The van der Waals surface area contributed by atoms with Gasteiger partial charge in [0.05, 0.1) is 5.56 Å². The third-order valence-corrected chi connectivity index (χ3v) is 4.75. The maximum absolute atomic E-state index is 13.0. The Hall–Kier alpha value is -2.86. The van der Waals surface area contributed by atoms with E-state index in [1.807, 2.05) is 23.1 Å². The van der Waals surface area contributed by atoms with Crippen molar-refractivity contribution in [2.75, 3.05) is 26.2 Å². The van der Waals surface area contributed by atoms with Gasteiger partial charge in [-0.05, 0) is 30.2 Å². The normalized spacial score (nSPS) is 19.3. The van der Waals surface area contributed by atoms with Crippen LogP contribution in [0.2, 0.25) is 0 Å². The number of likely N-dealkylation sites (tertiary alicyclic amines) is 1. The minimum atomic E-state index is -0.583. The van der Waals surface area contributed by atoms with Crippen molar-refractivity contribution in [2.24, 2.45) is 17.4 Å². The number of primary amides is 1. The van der Waals surface area contributed by atoms with Gasteiger partial charge in [-0.1, -0.05) is 42.5 Å². The summed E-state index contributed by atoms with van der Waals surface area (Å²) in [4.78, 5) is 25.8. The van der Waals surface area contributed by atoms with Gasteiger partial charge in [0, 0.05) is 19.0 Å². The van der Waals surface area contributed by atoms with Gasteiger partial charge in [-0.2, -0.15) is 0 Å². The van der Waals surface area contributed by atoms with E-state index in [1.165, 1.54) is 5.56 Å². The van der Waals surface area contributed by atoms with Crippen LogP contribution in [-0.2, 0) is 4.79 Å². The molecular formula is C20H23N3O3. The molecule has 0 aromatic heterocycles. The summed E-state index contributed by atoms with van der Waals surface area (Å²) in [5, 5.41) is 0. The number of benzene rings is 2. The molecule has 3 rings (SSSR count). The molecule has 0 unspecified atom stereocenters. The third-order valence-electron chi connectivity index (χ3n) is 4.75. The van der Waals surface area contributed by atoms with Gasteiger partial charge in [-0.15, -0.1) is 0 Å².